The van der Waals surface area contributed by atoms with Crippen molar-refractivity contribution in [2.75, 3.05) is 25.1 Å². The van der Waals surface area contributed by atoms with Crippen LogP contribution in [0.15, 0.2) is 47.4 Å². The van der Waals surface area contributed by atoms with E-state index < -0.39 is 10.0 Å². The van der Waals surface area contributed by atoms with Crippen molar-refractivity contribution >= 4 is 15.7 Å². The first-order chi connectivity index (χ1) is 13.5. The second kappa shape index (κ2) is 8.73. The summed E-state index contributed by atoms with van der Waals surface area (Å²) >= 11 is 0. The standard InChI is InChI=1S/C21H27NO5S/c1-4-22(16-9-11-18(12-10-16)27-17-7-5-6-8-17)28(23,24)19-13-14-20(25-2)21(15-19)26-3/h9-15,17H,4-8H2,1-3H3. The molecule has 2 aromatic rings. The van der Waals surface area contributed by atoms with E-state index in [1.807, 2.05) is 12.1 Å². The third-order valence-electron chi connectivity index (χ3n) is 4.96. The van der Waals surface area contributed by atoms with Crippen LogP contribution in [0.5, 0.6) is 17.2 Å². The summed E-state index contributed by atoms with van der Waals surface area (Å²) in [5.41, 5.74) is 0.594. The minimum absolute atomic E-state index is 0.151. The van der Waals surface area contributed by atoms with Gasteiger partial charge < -0.3 is 14.2 Å². The van der Waals surface area contributed by atoms with Crippen molar-refractivity contribution in [1.29, 1.82) is 0 Å². The predicted octanol–water partition coefficient (Wildman–Crippen LogP) is 4.24. The molecule has 0 aromatic heterocycles. The van der Waals surface area contributed by atoms with Gasteiger partial charge in [-0.3, -0.25) is 4.31 Å². The number of rotatable bonds is 8. The van der Waals surface area contributed by atoms with E-state index in [-0.39, 0.29) is 11.0 Å². The molecule has 0 amide bonds. The molecule has 2 aromatic carbocycles. The summed E-state index contributed by atoms with van der Waals surface area (Å²) in [4.78, 5) is 0.151. The summed E-state index contributed by atoms with van der Waals surface area (Å²) in [5, 5.41) is 0. The first-order valence-electron chi connectivity index (χ1n) is 9.51. The van der Waals surface area contributed by atoms with Gasteiger partial charge in [0.25, 0.3) is 10.0 Å². The lowest BCUT2D eigenvalue weighted by molar-refractivity contribution is 0.210. The number of ether oxygens (including phenoxy) is 3. The van der Waals surface area contributed by atoms with E-state index in [0.29, 0.717) is 23.7 Å². The number of anilines is 1. The van der Waals surface area contributed by atoms with Gasteiger partial charge in [0.2, 0.25) is 0 Å². The maximum absolute atomic E-state index is 13.2. The second-order valence-electron chi connectivity index (χ2n) is 6.70. The van der Waals surface area contributed by atoms with Gasteiger partial charge in [-0.15, -0.1) is 0 Å². The zero-order chi connectivity index (χ0) is 20.1. The summed E-state index contributed by atoms with van der Waals surface area (Å²) < 4.78 is 44.2. The summed E-state index contributed by atoms with van der Waals surface area (Å²) in [5.74, 6) is 1.63. The Morgan fingerprint density at radius 1 is 0.964 bits per heavy atom. The lowest BCUT2D eigenvalue weighted by atomic mass is 10.2. The van der Waals surface area contributed by atoms with Crippen LogP contribution >= 0.6 is 0 Å². The molecule has 0 bridgehead atoms. The van der Waals surface area contributed by atoms with Crippen LogP contribution in [-0.4, -0.2) is 35.3 Å². The Kier molecular flexibility index (Phi) is 6.34. The highest BCUT2D eigenvalue weighted by Crippen LogP contribution is 2.33. The molecule has 1 aliphatic rings. The van der Waals surface area contributed by atoms with Crippen LogP contribution in [0.4, 0.5) is 5.69 Å². The number of hydrogen-bond acceptors (Lipinski definition) is 5. The van der Waals surface area contributed by atoms with Crippen LogP contribution in [0.1, 0.15) is 32.6 Å². The zero-order valence-corrected chi connectivity index (χ0v) is 17.4. The Labute approximate surface area is 167 Å². The quantitative estimate of drug-likeness (QED) is 0.657. The molecule has 1 saturated carbocycles. The topological polar surface area (TPSA) is 65.1 Å². The molecule has 0 spiro atoms. The average Bonchev–Trinajstić information content (AvgIpc) is 3.22. The number of benzene rings is 2. The molecule has 0 radical (unpaired) electrons. The highest BCUT2D eigenvalue weighted by atomic mass is 32.2. The summed E-state index contributed by atoms with van der Waals surface area (Å²) in [6, 6.07) is 11.8. The van der Waals surface area contributed by atoms with Crippen molar-refractivity contribution in [2.24, 2.45) is 0 Å². The van der Waals surface area contributed by atoms with E-state index in [4.69, 9.17) is 14.2 Å². The Balaban J connectivity index is 1.85. The highest BCUT2D eigenvalue weighted by Gasteiger charge is 2.25. The van der Waals surface area contributed by atoms with E-state index in [2.05, 4.69) is 0 Å². The van der Waals surface area contributed by atoms with Gasteiger partial charge >= 0.3 is 0 Å². The molecule has 1 fully saturated rings. The molecule has 28 heavy (non-hydrogen) atoms. The molecule has 0 aliphatic heterocycles. The van der Waals surface area contributed by atoms with Gasteiger partial charge in [0.05, 0.1) is 30.9 Å². The van der Waals surface area contributed by atoms with Crippen LogP contribution < -0.4 is 18.5 Å². The monoisotopic (exact) mass is 405 g/mol. The Bertz CT molecular complexity index is 890. The van der Waals surface area contributed by atoms with Gasteiger partial charge in [0.15, 0.2) is 11.5 Å². The fourth-order valence-corrected chi connectivity index (χ4v) is 4.97. The lowest BCUT2D eigenvalue weighted by Gasteiger charge is -2.24. The molecule has 3 rings (SSSR count). The Hall–Kier alpha value is -2.41. The van der Waals surface area contributed by atoms with Crippen LogP contribution in [0.3, 0.4) is 0 Å². The molecule has 7 heteroatoms. The van der Waals surface area contributed by atoms with Crippen molar-refractivity contribution in [3.63, 3.8) is 0 Å². The van der Waals surface area contributed by atoms with Gasteiger partial charge in [-0.05, 0) is 69.0 Å². The van der Waals surface area contributed by atoms with Crippen molar-refractivity contribution in [2.45, 2.75) is 43.6 Å². The number of hydrogen-bond donors (Lipinski definition) is 0. The average molecular weight is 406 g/mol. The van der Waals surface area contributed by atoms with Gasteiger partial charge in [0.1, 0.15) is 5.75 Å². The molecule has 6 nitrogen and oxygen atoms in total. The first kappa shape index (κ1) is 20.3. The third kappa shape index (κ3) is 4.19. The van der Waals surface area contributed by atoms with Crippen LogP contribution in [0, 0.1) is 0 Å². The fourth-order valence-electron chi connectivity index (χ4n) is 3.49. The number of methoxy groups -OCH3 is 2. The van der Waals surface area contributed by atoms with Gasteiger partial charge in [-0.1, -0.05) is 0 Å². The van der Waals surface area contributed by atoms with Crippen LogP contribution in [0.2, 0.25) is 0 Å². The first-order valence-corrected chi connectivity index (χ1v) is 10.9. The molecule has 0 unspecified atom stereocenters. The van der Waals surface area contributed by atoms with Crippen molar-refractivity contribution in [1.82, 2.24) is 0 Å². The maximum atomic E-state index is 13.2. The van der Waals surface area contributed by atoms with E-state index in [9.17, 15) is 8.42 Å². The van der Waals surface area contributed by atoms with E-state index in [0.717, 1.165) is 18.6 Å². The predicted molar refractivity (Wildman–Crippen MR) is 109 cm³/mol. The second-order valence-corrected chi connectivity index (χ2v) is 8.57. The highest BCUT2D eigenvalue weighted by molar-refractivity contribution is 7.92. The maximum Gasteiger partial charge on any atom is 0.264 e. The number of nitrogens with zero attached hydrogens (tertiary/aromatic N) is 1. The lowest BCUT2D eigenvalue weighted by Crippen LogP contribution is -2.30. The molecule has 1 aliphatic carbocycles. The van der Waals surface area contributed by atoms with Gasteiger partial charge in [0, 0.05) is 12.6 Å². The van der Waals surface area contributed by atoms with Gasteiger partial charge in [-0.2, -0.15) is 0 Å². The normalized spacial score (nSPS) is 14.7. The van der Waals surface area contributed by atoms with Crippen LogP contribution in [-0.2, 0) is 10.0 Å². The molecule has 0 saturated heterocycles. The SMILES string of the molecule is CCN(c1ccc(OC2CCCC2)cc1)S(=O)(=O)c1ccc(OC)c(OC)c1. The zero-order valence-electron chi connectivity index (χ0n) is 16.6. The number of sulfonamides is 1. The molecule has 0 heterocycles. The smallest absolute Gasteiger partial charge is 0.264 e. The molecular weight excluding hydrogens is 378 g/mol. The Morgan fingerprint density at radius 3 is 2.18 bits per heavy atom. The fraction of sp³-hybridized carbons (Fsp3) is 0.429. The van der Waals surface area contributed by atoms with E-state index >= 15 is 0 Å². The van der Waals surface area contributed by atoms with Crippen molar-refractivity contribution in [3.8, 4) is 17.2 Å². The Morgan fingerprint density at radius 2 is 1.61 bits per heavy atom. The summed E-state index contributed by atoms with van der Waals surface area (Å²) in [6.45, 7) is 2.11. The molecular formula is C21H27NO5S. The minimum Gasteiger partial charge on any atom is -0.493 e. The summed E-state index contributed by atoms with van der Waals surface area (Å²) in [6.07, 6.45) is 4.84. The largest absolute Gasteiger partial charge is 0.493 e. The molecule has 0 atom stereocenters. The molecule has 0 N–H and O–H groups in total. The molecule has 152 valence electrons. The minimum atomic E-state index is -3.74. The third-order valence-corrected chi connectivity index (χ3v) is 6.86. The van der Waals surface area contributed by atoms with Crippen molar-refractivity contribution in [3.05, 3.63) is 42.5 Å². The summed E-state index contributed by atoms with van der Waals surface area (Å²) in [7, 11) is -0.745. The van der Waals surface area contributed by atoms with E-state index in [1.54, 1.807) is 25.1 Å². The van der Waals surface area contributed by atoms with E-state index in [1.165, 1.54) is 43.5 Å². The van der Waals surface area contributed by atoms with Crippen molar-refractivity contribution < 1.29 is 22.6 Å². The van der Waals surface area contributed by atoms with Gasteiger partial charge in [-0.25, -0.2) is 8.42 Å². The van der Waals surface area contributed by atoms with Crippen LogP contribution in [0.25, 0.3) is 0 Å².